The molecule has 0 aliphatic carbocycles. The average molecular weight is 1520 g/mol. The monoisotopic (exact) mass is 1520 g/mol. The van der Waals surface area contributed by atoms with Crippen LogP contribution in [0.1, 0.15) is 258 Å². The van der Waals surface area contributed by atoms with Crippen LogP contribution in [0.25, 0.3) is 0 Å². The number of carboxylic acids is 4. The van der Waals surface area contributed by atoms with Gasteiger partial charge in [0.1, 0.15) is 52.9 Å². The molecule has 0 saturated heterocycles. The quantitative estimate of drug-likeness (QED) is 0.0236. The number of carbonyl (C=O) groups is 16. The third kappa shape index (κ3) is 71.8. The fraction of sp³-hybridized carbons (Fsp3) is 0.765. The van der Waals surface area contributed by atoms with E-state index in [1.54, 1.807) is 0 Å². The van der Waals surface area contributed by atoms with Gasteiger partial charge in [0.2, 0.25) is 0 Å². The maximum Gasteiger partial charge on any atom is 1.00 e. The Morgan fingerprint density at radius 3 is 0.490 bits per heavy atom. The number of rotatable bonds is 65. The molecule has 0 rings (SSSR count). The van der Waals surface area contributed by atoms with Crippen LogP contribution in [-0.4, -0.2) is 173 Å². The molecule has 570 valence electrons. The van der Waals surface area contributed by atoms with Crippen molar-refractivity contribution in [2.24, 2.45) is 0 Å². The van der Waals surface area contributed by atoms with Crippen molar-refractivity contribution in [2.75, 3.05) is 52.9 Å². The summed E-state index contributed by atoms with van der Waals surface area (Å²) >= 11 is 0. The van der Waals surface area contributed by atoms with E-state index in [9.17, 15) is 97.1 Å². The van der Waals surface area contributed by atoms with Gasteiger partial charge in [-0.3, -0.25) is 57.5 Å². The maximum atomic E-state index is 13.3. The molecule has 0 spiro atoms. The Bertz CT molecular complexity index is 2280. The average Bonchev–Trinajstić information content (AvgIpc) is 0.950. The molecule has 0 radical (unpaired) electrons. The normalized spacial score (nSPS) is 10.5. The second-order valence-electron chi connectivity index (χ2n) is 23.5. The van der Waals surface area contributed by atoms with E-state index >= 15 is 0 Å². The summed E-state index contributed by atoms with van der Waals surface area (Å²) in [5.41, 5.74) is 0. The molecule has 0 aliphatic heterocycles. The second-order valence-corrected chi connectivity index (χ2v) is 23.5. The van der Waals surface area contributed by atoms with Crippen molar-refractivity contribution in [2.45, 2.75) is 282 Å². The minimum atomic E-state index is -1.69. The predicted octanol–water partition coefficient (Wildman–Crippen LogP) is -9.14. The zero-order chi connectivity index (χ0) is 74.6. The molecular weight excluding hydrogens is 1420 g/mol. The van der Waals surface area contributed by atoms with Crippen molar-refractivity contribution in [1.29, 1.82) is 0 Å². The van der Waals surface area contributed by atoms with Crippen molar-refractivity contribution < 1.29 is 272 Å². The Morgan fingerprint density at radius 2 is 0.327 bits per heavy atom. The van der Waals surface area contributed by atoms with Crippen LogP contribution in [0.3, 0.4) is 0 Å². The van der Waals surface area contributed by atoms with Crippen molar-refractivity contribution in [1.82, 2.24) is 0 Å². The van der Waals surface area contributed by atoms with Gasteiger partial charge in [0.25, 0.3) is 0 Å². The van der Waals surface area contributed by atoms with Gasteiger partial charge in [-0.05, 0) is 38.5 Å². The molecule has 0 aromatic heterocycles. The number of hydrogen-bond donors (Lipinski definition) is 0. The fourth-order valence-corrected chi connectivity index (χ4v) is 8.80. The van der Waals surface area contributed by atoms with Gasteiger partial charge in [0.15, 0.2) is 24.4 Å². The number of esters is 12. The molecule has 0 amide bonds. The Balaban J connectivity index is -0.00000817. The summed E-state index contributed by atoms with van der Waals surface area (Å²) in [6, 6.07) is 0. The molecule has 0 saturated carbocycles. The Hall–Kier alpha value is -4.48. The van der Waals surface area contributed by atoms with Crippen molar-refractivity contribution in [3.63, 3.8) is 0 Å². The van der Waals surface area contributed by atoms with Crippen molar-refractivity contribution in [3.05, 3.63) is 0 Å². The van der Waals surface area contributed by atoms with E-state index in [-0.39, 0.29) is 131 Å². The summed E-state index contributed by atoms with van der Waals surface area (Å²) in [4.78, 5) is 195. The van der Waals surface area contributed by atoms with E-state index in [1.807, 2.05) is 0 Å². The summed E-state index contributed by atoms with van der Waals surface area (Å²) in [6.45, 7) is -1.66. The molecular formula is C68H102Na4O32. The van der Waals surface area contributed by atoms with Crippen LogP contribution in [-0.2, 0) is 134 Å². The van der Waals surface area contributed by atoms with Gasteiger partial charge in [0.05, 0.1) is 64.2 Å². The van der Waals surface area contributed by atoms with Crippen molar-refractivity contribution in [3.8, 4) is 0 Å². The molecule has 0 aliphatic rings. The molecule has 104 heavy (non-hydrogen) atoms. The van der Waals surface area contributed by atoms with Crippen LogP contribution in [0.15, 0.2) is 0 Å². The summed E-state index contributed by atoms with van der Waals surface area (Å²) in [5.74, 6) is -18.8. The van der Waals surface area contributed by atoms with E-state index < -0.39 is 263 Å². The third-order valence-corrected chi connectivity index (χ3v) is 14.3. The molecule has 0 N–H and O–H groups in total. The van der Waals surface area contributed by atoms with Gasteiger partial charge in [-0.25, -0.2) is 0 Å². The first kappa shape index (κ1) is 108. The Morgan fingerprint density at radius 1 is 0.192 bits per heavy atom. The molecule has 0 fully saturated rings. The summed E-state index contributed by atoms with van der Waals surface area (Å²) < 4.78 is 61.9. The molecule has 0 atom stereocenters. The third-order valence-electron chi connectivity index (χ3n) is 14.3. The van der Waals surface area contributed by atoms with Gasteiger partial charge in [0, 0.05) is 36.7 Å². The smallest absolute Gasteiger partial charge is 0.550 e. The number of ether oxygens (including phenoxy) is 12. The number of hydrogen-bond acceptors (Lipinski definition) is 32. The van der Waals surface area contributed by atoms with Crippen molar-refractivity contribution >= 4 is 95.5 Å². The SMILES string of the molecule is CCCCCCCCCCCCCC(=O)OCC(COC(=O)CCCCCCCCCCCCC)OC(=O)CCC(=O)OC(COC(=O)CCC(=O)OC(COC(=O)CCC(=O)[O-])COC(=O)CCC(=O)[O-])COC(=O)CCC(=O)OC(COC(=O)CCC(=O)[O-])COC(=O)CCC(=O)[O-].[Na+].[Na+].[Na+].[Na+]. The zero-order valence-corrected chi connectivity index (χ0v) is 69.9. The number of carboxylic acid groups (broad SMARTS) is 4. The minimum Gasteiger partial charge on any atom is -0.550 e. The minimum absolute atomic E-state index is 0. The van der Waals surface area contributed by atoms with E-state index in [1.165, 1.54) is 64.2 Å². The summed E-state index contributed by atoms with van der Waals surface area (Å²) in [6.07, 6.45) is 7.28. The van der Waals surface area contributed by atoms with Crippen LogP contribution in [0.5, 0.6) is 0 Å². The van der Waals surface area contributed by atoms with Crippen LogP contribution in [0.2, 0.25) is 0 Å². The van der Waals surface area contributed by atoms with Crippen LogP contribution < -0.4 is 139 Å². The van der Waals surface area contributed by atoms with Gasteiger partial charge in [-0.15, -0.1) is 0 Å². The van der Waals surface area contributed by atoms with Gasteiger partial charge in [-0.1, -0.05) is 142 Å². The summed E-state index contributed by atoms with van der Waals surface area (Å²) in [5, 5.41) is 43.1. The topological polar surface area (TPSA) is 476 Å². The van der Waals surface area contributed by atoms with E-state index in [4.69, 9.17) is 56.8 Å². The number of unbranched alkanes of at least 4 members (excludes halogenated alkanes) is 20. The maximum absolute atomic E-state index is 13.3. The molecule has 32 nitrogen and oxygen atoms in total. The fourth-order valence-electron chi connectivity index (χ4n) is 8.80. The number of carbonyl (C=O) groups excluding carboxylic acids is 16. The first-order valence-electron chi connectivity index (χ1n) is 34.6. The Labute approximate surface area is 696 Å². The zero-order valence-electron chi connectivity index (χ0n) is 61.9. The standard InChI is InChI=1S/C68H106O32.4Na/c1-3-5-7-9-11-13-15-17-19-21-23-25-57(77)89-41-49(42-90-58(78)26-24-22-20-18-16-14-12-10-8-6-4-2)99-67(87)39-40-68(88)100-52(47-95-63(83)35-37-65(85)97-50(43-91-59(79)31-27-53(69)70)44-92-60(80)32-28-54(71)72)48-96-64(84)36-38-66(86)98-51(45-93-61(81)33-29-55(73)74)46-94-62(82)34-30-56(75)76;;;;/h49-52H,3-48H2,1-2H3,(H,69,70)(H,71,72)(H,73,74)(H,75,76);;;;/q;4*+1/p-4. The molecule has 0 aromatic carbocycles. The molecule has 0 aromatic rings. The van der Waals surface area contributed by atoms with E-state index in [2.05, 4.69) is 13.8 Å². The second kappa shape index (κ2) is 72.7. The van der Waals surface area contributed by atoms with Gasteiger partial charge < -0.3 is 96.4 Å². The van der Waals surface area contributed by atoms with E-state index in [0.29, 0.717) is 12.8 Å². The van der Waals surface area contributed by atoms with E-state index in [0.717, 1.165) is 64.2 Å². The van der Waals surface area contributed by atoms with Gasteiger partial charge in [-0.2, -0.15) is 0 Å². The summed E-state index contributed by atoms with van der Waals surface area (Å²) in [7, 11) is 0. The molecule has 0 unspecified atom stereocenters. The number of aliphatic carboxylic acids is 4. The van der Waals surface area contributed by atoms with Crippen LogP contribution in [0.4, 0.5) is 0 Å². The predicted molar refractivity (Wildman–Crippen MR) is 334 cm³/mol. The molecule has 36 heteroatoms. The van der Waals surface area contributed by atoms with Crippen LogP contribution in [0, 0.1) is 0 Å². The molecule has 0 bridgehead atoms. The first-order chi connectivity index (χ1) is 47.8. The van der Waals surface area contributed by atoms with Gasteiger partial charge >= 0.3 is 190 Å². The molecule has 0 heterocycles. The van der Waals surface area contributed by atoms with Crippen LogP contribution >= 0.6 is 0 Å². The largest absolute Gasteiger partial charge is 1.00 e. The first-order valence-corrected chi connectivity index (χ1v) is 34.6. The Kier molecular flexibility index (Phi) is 75.6.